The second-order valence-corrected chi connectivity index (χ2v) is 12.6. The van der Waals surface area contributed by atoms with Gasteiger partial charge in [-0.1, -0.05) is 78.3 Å². The van der Waals surface area contributed by atoms with Gasteiger partial charge in [0.1, 0.15) is 0 Å². The molecule has 0 aliphatic heterocycles. The zero-order valence-electron chi connectivity index (χ0n) is 21.1. The lowest BCUT2D eigenvalue weighted by molar-refractivity contribution is 0.103. The largest absolute Gasteiger partial charge is 0.307 e. The number of carbonyl (C=O) groups is 2. The van der Waals surface area contributed by atoms with E-state index in [1.54, 1.807) is 0 Å². The molecule has 0 radical (unpaired) electrons. The van der Waals surface area contributed by atoms with Crippen LogP contribution < -0.4 is 0 Å². The van der Waals surface area contributed by atoms with Gasteiger partial charge in [-0.15, -0.1) is 0 Å². The molecule has 0 saturated carbocycles. The van der Waals surface area contributed by atoms with E-state index in [-0.39, 0.29) is 11.6 Å². The van der Waals surface area contributed by atoms with Crippen molar-refractivity contribution in [3.63, 3.8) is 0 Å². The minimum atomic E-state index is -3.83. The molecule has 2 aromatic carbocycles. The molecule has 0 aromatic heterocycles. The maximum Gasteiger partial charge on any atom is 0.229 e. The zero-order valence-corrected chi connectivity index (χ0v) is 22.0. The molecule has 2 rings (SSSR count). The summed E-state index contributed by atoms with van der Waals surface area (Å²) in [5, 5.41) is 0. The molecule has 1 atom stereocenters. The average Bonchev–Trinajstić information content (AvgIpc) is 2.74. The van der Waals surface area contributed by atoms with Crippen molar-refractivity contribution in [1.82, 2.24) is 0 Å². The van der Waals surface area contributed by atoms with Crippen LogP contribution in [0.15, 0.2) is 30.3 Å². The fourth-order valence-electron chi connectivity index (χ4n) is 4.29. The Morgan fingerprint density at radius 1 is 0.844 bits per heavy atom. The van der Waals surface area contributed by atoms with E-state index in [0.29, 0.717) is 30.4 Å². The van der Waals surface area contributed by atoms with Gasteiger partial charge in [0.15, 0.2) is 0 Å². The SMILES string of the molecule is CCCCP(=O)(C(=O)c1c(C)cc(C(C)(C)C)cc1C)C(=O)c1c(CC)cccc1CC. The molecule has 0 N–H and O–H groups in total. The highest BCUT2D eigenvalue weighted by Gasteiger charge is 2.42. The maximum absolute atomic E-state index is 14.4. The fraction of sp³-hybridized carbons (Fsp3) is 0.500. The smallest absolute Gasteiger partial charge is 0.229 e. The van der Waals surface area contributed by atoms with Crippen molar-refractivity contribution in [3.05, 3.63) is 69.3 Å². The van der Waals surface area contributed by atoms with E-state index in [1.165, 1.54) is 0 Å². The lowest BCUT2D eigenvalue weighted by Gasteiger charge is -2.24. The van der Waals surface area contributed by atoms with Crippen molar-refractivity contribution >= 4 is 18.2 Å². The molecular weight excluding hydrogens is 415 g/mol. The van der Waals surface area contributed by atoms with E-state index in [9.17, 15) is 14.2 Å². The summed E-state index contributed by atoms with van der Waals surface area (Å²) >= 11 is 0. The van der Waals surface area contributed by atoms with Crippen LogP contribution in [-0.4, -0.2) is 17.2 Å². The van der Waals surface area contributed by atoms with Crippen molar-refractivity contribution in [2.24, 2.45) is 0 Å². The predicted molar refractivity (Wildman–Crippen MR) is 136 cm³/mol. The van der Waals surface area contributed by atoms with Gasteiger partial charge in [0.05, 0.1) is 0 Å². The van der Waals surface area contributed by atoms with Gasteiger partial charge in [-0.3, -0.25) is 9.59 Å². The first-order chi connectivity index (χ1) is 14.9. The lowest BCUT2D eigenvalue weighted by atomic mass is 9.84. The van der Waals surface area contributed by atoms with Crippen LogP contribution in [0.5, 0.6) is 0 Å². The van der Waals surface area contributed by atoms with Gasteiger partial charge in [0, 0.05) is 17.3 Å². The van der Waals surface area contributed by atoms with Crippen LogP contribution in [0.25, 0.3) is 0 Å². The second kappa shape index (κ2) is 10.3. The predicted octanol–water partition coefficient (Wildman–Crippen LogP) is 7.87. The highest BCUT2D eigenvalue weighted by Crippen LogP contribution is 2.54. The Morgan fingerprint density at radius 3 is 1.72 bits per heavy atom. The van der Waals surface area contributed by atoms with Crippen molar-refractivity contribution in [3.8, 4) is 0 Å². The first-order valence-corrected chi connectivity index (χ1v) is 13.7. The lowest BCUT2D eigenvalue weighted by Crippen LogP contribution is -2.19. The van der Waals surface area contributed by atoms with Crippen LogP contribution in [0.4, 0.5) is 0 Å². The molecule has 0 aliphatic carbocycles. The molecule has 0 bridgehead atoms. The Labute approximate surface area is 194 Å². The molecule has 0 fully saturated rings. The van der Waals surface area contributed by atoms with Gasteiger partial charge in [-0.2, -0.15) is 0 Å². The monoisotopic (exact) mass is 454 g/mol. The van der Waals surface area contributed by atoms with Crippen molar-refractivity contribution in [2.45, 2.75) is 86.5 Å². The summed E-state index contributed by atoms with van der Waals surface area (Å²) in [6.45, 7) is 16.1. The Kier molecular flexibility index (Phi) is 8.45. The molecule has 1 unspecified atom stereocenters. The highest BCUT2D eigenvalue weighted by molar-refractivity contribution is 7.95. The molecule has 174 valence electrons. The zero-order chi connectivity index (χ0) is 24.3. The number of aryl methyl sites for hydroxylation is 4. The number of rotatable bonds is 9. The van der Waals surface area contributed by atoms with Gasteiger partial charge >= 0.3 is 0 Å². The van der Waals surface area contributed by atoms with Crippen molar-refractivity contribution < 1.29 is 14.2 Å². The molecular formula is C28H39O3P. The molecule has 3 nitrogen and oxygen atoms in total. The minimum Gasteiger partial charge on any atom is -0.307 e. The summed E-state index contributed by atoms with van der Waals surface area (Å²) in [6, 6.07) is 9.77. The van der Waals surface area contributed by atoms with E-state index in [1.807, 2.05) is 65.0 Å². The number of hydrogen-bond donors (Lipinski definition) is 0. The third-order valence-corrected chi connectivity index (χ3v) is 9.01. The van der Waals surface area contributed by atoms with Gasteiger partial charge in [0.2, 0.25) is 18.2 Å². The van der Waals surface area contributed by atoms with E-state index in [4.69, 9.17) is 0 Å². The first kappa shape index (κ1) is 26.3. The van der Waals surface area contributed by atoms with Crippen LogP contribution in [0.1, 0.15) is 103 Å². The molecule has 32 heavy (non-hydrogen) atoms. The molecule has 2 aromatic rings. The molecule has 0 saturated heterocycles. The van der Waals surface area contributed by atoms with Crippen molar-refractivity contribution in [1.29, 1.82) is 0 Å². The number of unbranched alkanes of at least 4 members (excludes halogenated alkanes) is 1. The Hall–Kier alpha value is -1.99. The quantitative estimate of drug-likeness (QED) is 0.362. The van der Waals surface area contributed by atoms with Crippen LogP contribution in [0, 0.1) is 13.8 Å². The summed E-state index contributed by atoms with van der Waals surface area (Å²) in [7, 11) is -3.83. The van der Waals surface area contributed by atoms with Crippen LogP contribution in [-0.2, 0) is 22.8 Å². The molecule has 0 spiro atoms. The normalized spacial score (nSPS) is 13.6. The Balaban J connectivity index is 2.71. The van der Waals surface area contributed by atoms with Crippen LogP contribution in [0.2, 0.25) is 0 Å². The third-order valence-electron chi connectivity index (χ3n) is 6.31. The third kappa shape index (κ3) is 5.15. The second-order valence-electron chi connectivity index (χ2n) is 9.82. The van der Waals surface area contributed by atoms with E-state index in [0.717, 1.165) is 34.2 Å². The fourth-order valence-corrected chi connectivity index (χ4v) is 7.00. The molecule has 4 heteroatoms. The summed E-state index contributed by atoms with van der Waals surface area (Å²) in [5.41, 5.74) is 4.43. The minimum absolute atomic E-state index is 0.0606. The molecule has 0 amide bonds. The summed E-state index contributed by atoms with van der Waals surface area (Å²) < 4.78 is 14.4. The first-order valence-electron chi connectivity index (χ1n) is 11.8. The van der Waals surface area contributed by atoms with Crippen molar-refractivity contribution in [2.75, 3.05) is 6.16 Å². The number of hydrogen-bond acceptors (Lipinski definition) is 3. The highest BCUT2D eigenvalue weighted by atomic mass is 31.2. The van der Waals surface area contributed by atoms with Crippen LogP contribution in [0.3, 0.4) is 0 Å². The summed E-state index contributed by atoms with van der Waals surface area (Å²) in [4.78, 5) is 27.8. The Morgan fingerprint density at radius 2 is 1.31 bits per heavy atom. The van der Waals surface area contributed by atoms with E-state index in [2.05, 4.69) is 20.8 Å². The summed E-state index contributed by atoms with van der Waals surface area (Å²) in [5.74, 6) is 0. The maximum atomic E-state index is 14.4. The van der Waals surface area contributed by atoms with Gasteiger partial charge < -0.3 is 4.57 Å². The topological polar surface area (TPSA) is 51.2 Å². The van der Waals surface area contributed by atoms with Gasteiger partial charge in [-0.25, -0.2) is 0 Å². The standard InChI is InChI=1S/C28H39O3P/c1-9-12-16-32(31,27(30)25-21(10-2)14-13-15-22(25)11-3)26(29)24-19(4)17-23(18-20(24)5)28(6,7)8/h13-15,17-18H,9-12,16H2,1-8H3. The van der Waals surface area contributed by atoms with Gasteiger partial charge in [-0.05, 0) is 66.3 Å². The average molecular weight is 455 g/mol. The number of benzene rings is 2. The van der Waals surface area contributed by atoms with E-state index >= 15 is 0 Å². The van der Waals surface area contributed by atoms with Crippen LogP contribution >= 0.6 is 7.14 Å². The molecule has 0 aliphatic rings. The summed E-state index contributed by atoms with van der Waals surface area (Å²) in [6.07, 6.45) is 2.82. The van der Waals surface area contributed by atoms with Gasteiger partial charge in [0.25, 0.3) is 0 Å². The number of carbonyl (C=O) groups excluding carboxylic acids is 2. The Bertz CT molecular complexity index is 1010. The molecule has 0 heterocycles. The van der Waals surface area contributed by atoms with E-state index < -0.39 is 18.2 Å².